The van der Waals surface area contributed by atoms with E-state index in [1.54, 1.807) is 6.20 Å². The Kier molecular flexibility index (Phi) is 6.75. The van der Waals surface area contributed by atoms with Crippen LogP contribution < -0.4 is 20.4 Å². The number of hydrogen-bond donors (Lipinski definition) is 2. The summed E-state index contributed by atoms with van der Waals surface area (Å²) in [6.07, 6.45) is 4.02. The number of piperazine rings is 1. The largest absolute Gasteiger partial charge is 0.354 e. The minimum absolute atomic E-state index is 0.0137. The number of rotatable bonds is 4. The highest BCUT2D eigenvalue weighted by atomic mass is 16.2. The number of nitrogens with one attached hydrogen (secondary N) is 2. The fourth-order valence-electron chi connectivity index (χ4n) is 4.38. The van der Waals surface area contributed by atoms with E-state index in [9.17, 15) is 4.79 Å². The number of carbonyl (C=O) groups is 1. The van der Waals surface area contributed by atoms with Gasteiger partial charge in [0.1, 0.15) is 17.8 Å². The van der Waals surface area contributed by atoms with E-state index < -0.39 is 0 Å². The zero-order valence-corrected chi connectivity index (χ0v) is 21.4. The molecule has 2 fully saturated rings. The fourth-order valence-corrected chi connectivity index (χ4v) is 4.38. The van der Waals surface area contributed by atoms with Gasteiger partial charge in [-0.3, -0.25) is 4.79 Å². The summed E-state index contributed by atoms with van der Waals surface area (Å²) in [6.45, 7) is 18.0. The normalized spacial score (nSPS) is 19.4. The monoisotopic (exact) mass is 466 g/mol. The SMILES string of the molecule is CC(C)(C)c1cc(N2CCNCC2)nc(N2CCC(NC(=O)c3ncncc3C(C)(C)C)C2)n1. The van der Waals surface area contributed by atoms with E-state index in [1.807, 2.05) is 0 Å². The summed E-state index contributed by atoms with van der Waals surface area (Å²) < 4.78 is 0. The maximum atomic E-state index is 13.1. The van der Waals surface area contributed by atoms with Crippen molar-refractivity contribution in [1.82, 2.24) is 30.6 Å². The highest BCUT2D eigenvalue weighted by Gasteiger charge is 2.30. The highest BCUT2D eigenvalue weighted by Crippen LogP contribution is 2.28. The van der Waals surface area contributed by atoms with Gasteiger partial charge in [-0.2, -0.15) is 4.98 Å². The van der Waals surface area contributed by atoms with Crippen molar-refractivity contribution >= 4 is 17.7 Å². The van der Waals surface area contributed by atoms with Crippen molar-refractivity contribution in [2.75, 3.05) is 49.1 Å². The lowest BCUT2D eigenvalue weighted by molar-refractivity contribution is 0.0932. The van der Waals surface area contributed by atoms with Gasteiger partial charge in [-0.05, 0) is 11.8 Å². The molecule has 4 heterocycles. The molecule has 0 spiro atoms. The third-order valence-electron chi connectivity index (χ3n) is 6.45. The van der Waals surface area contributed by atoms with Crippen molar-refractivity contribution in [2.45, 2.75) is 64.8 Å². The summed E-state index contributed by atoms with van der Waals surface area (Å²) in [4.78, 5) is 35.9. The van der Waals surface area contributed by atoms with Gasteiger partial charge in [-0.25, -0.2) is 15.0 Å². The minimum atomic E-state index is -0.211. The summed E-state index contributed by atoms with van der Waals surface area (Å²) in [5, 5.41) is 6.59. The van der Waals surface area contributed by atoms with Gasteiger partial charge >= 0.3 is 0 Å². The number of anilines is 2. The van der Waals surface area contributed by atoms with Gasteiger partial charge in [0.05, 0.1) is 5.69 Å². The molecule has 2 aliphatic rings. The van der Waals surface area contributed by atoms with Crippen molar-refractivity contribution in [1.29, 1.82) is 0 Å². The summed E-state index contributed by atoms with van der Waals surface area (Å²) in [5.41, 5.74) is 2.05. The molecule has 2 aromatic rings. The second-order valence-electron chi connectivity index (χ2n) is 11.3. The molecule has 0 bridgehead atoms. The summed E-state index contributed by atoms with van der Waals surface area (Å²) >= 11 is 0. The number of carbonyl (C=O) groups excluding carboxylic acids is 1. The van der Waals surface area contributed by atoms with Gasteiger partial charge in [-0.1, -0.05) is 41.5 Å². The van der Waals surface area contributed by atoms with Gasteiger partial charge in [0.25, 0.3) is 5.91 Å². The Hall–Kier alpha value is -2.81. The van der Waals surface area contributed by atoms with Gasteiger partial charge in [0, 0.05) is 68.6 Å². The van der Waals surface area contributed by atoms with E-state index in [1.165, 1.54) is 6.33 Å². The Morgan fingerprint density at radius 1 is 1.03 bits per heavy atom. The van der Waals surface area contributed by atoms with Gasteiger partial charge < -0.3 is 20.4 Å². The van der Waals surface area contributed by atoms with Crippen LogP contribution >= 0.6 is 0 Å². The lowest BCUT2D eigenvalue weighted by atomic mass is 9.86. The molecule has 9 heteroatoms. The molecule has 1 amide bonds. The molecular weight excluding hydrogens is 428 g/mol. The molecule has 2 N–H and O–H groups in total. The Morgan fingerprint density at radius 2 is 1.76 bits per heavy atom. The summed E-state index contributed by atoms with van der Waals surface area (Å²) in [5.74, 6) is 1.58. The van der Waals surface area contributed by atoms with E-state index >= 15 is 0 Å². The average Bonchev–Trinajstić information content (AvgIpc) is 3.27. The molecule has 0 aromatic carbocycles. The van der Waals surface area contributed by atoms with Crippen molar-refractivity contribution in [3.8, 4) is 0 Å². The summed E-state index contributed by atoms with van der Waals surface area (Å²) in [7, 11) is 0. The Balaban J connectivity index is 1.51. The number of aromatic nitrogens is 4. The standard InChI is InChI=1S/C25H38N8O/c1-24(2,3)18-14-27-16-28-21(18)22(34)29-17-7-10-33(15-17)23-30-19(25(4,5)6)13-20(31-23)32-11-8-26-9-12-32/h13-14,16-17,26H,7-12,15H2,1-6H3,(H,29,34). The first-order valence-corrected chi connectivity index (χ1v) is 12.2. The van der Waals surface area contributed by atoms with Crippen LogP contribution in [0, 0.1) is 0 Å². The topological polar surface area (TPSA) is 99.2 Å². The molecular formula is C25H38N8O. The minimum Gasteiger partial charge on any atom is -0.354 e. The predicted molar refractivity (Wildman–Crippen MR) is 135 cm³/mol. The first-order chi connectivity index (χ1) is 16.0. The number of hydrogen-bond acceptors (Lipinski definition) is 8. The van der Waals surface area contributed by atoms with Crippen LogP contribution in [-0.2, 0) is 10.8 Å². The van der Waals surface area contributed by atoms with Crippen LogP contribution in [0.2, 0.25) is 0 Å². The average molecular weight is 467 g/mol. The molecule has 4 rings (SSSR count). The fraction of sp³-hybridized carbons (Fsp3) is 0.640. The number of nitrogens with zero attached hydrogens (tertiary/aromatic N) is 6. The molecule has 0 radical (unpaired) electrons. The summed E-state index contributed by atoms with van der Waals surface area (Å²) in [6, 6.07) is 2.15. The van der Waals surface area contributed by atoms with E-state index in [4.69, 9.17) is 9.97 Å². The molecule has 34 heavy (non-hydrogen) atoms. The van der Waals surface area contributed by atoms with Crippen molar-refractivity contribution in [3.63, 3.8) is 0 Å². The molecule has 1 unspecified atom stereocenters. The van der Waals surface area contributed by atoms with E-state index in [-0.39, 0.29) is 22.8 Å². The quantitative estimate of drug-likeness (QED) is 0.708. The van der Waals surface area contributed by atoms with Gasteiger partial charge in [0.2, 0.25) is 5.95 Å². The smallest absolute Gasteiger partial charge is 0.270 e. The molecule has 9 nitrogen and oxygen atoms in total. The Morgan fingerprint density at radius 3 is 2.44 bits per heavy atom. The molecule has 0 aliphatic carbocycles. The Labute approximate surface area is 202 Å². The lowest BCUT2D eigenvalue weighted by Gasteiger charge is -2.31. The first kappa shape index (κ1) is 24.3. The molecule has 184 valence electrons. The zero-order chi connectivity index (χ0) is 24.5. The maximum absolute atomic E-state index is 13.1. The van der Waals surface area contributed by atoms with E-state index in [0.717, 1.165) is 62.2 Å². The molecule has 1 atom stereocenters. The number of amides is 1. The van der Waals surface area contributed by atoms with Crippen LogP contribution in [0.15, 0.2) is 18.6 Å². The van der Waals surface area contributed by atoms with Crippen LogP contribution in [0.3, 0.4) is 0 Å². The van der Waals surface area contributed by atoms with E-state index in [0.29, 0.717) is 12.2 Å². The van der Waals surface area contributed by atoms with Crippen LogP contribution in [0.5, 0.6) is 0 Å². The van der Waals surface area contributed by atoms with Crippen molar-refractivity contribution in [3.05, 3.63) is 35.5 Å². The molecule has 2 saturated heterocycles. The zero-order valence-electron chi connectivity index (χ0n) is 21.4. The third kappa shape index (κ3) is 5.46. The van der Waals surface area contributed by atoms with E-state index in [2.05, 4.69) is 78.0 Å². The first-order valence-electron chi connectivity index (χ1n) is 12.2. The second-order valence-corrected chi connectivity index (χ2v) is 11.3. The maximum Gasteiger partial charge on any atom is 0.270 e. The Bertz CT molecular complexity index is 1020. The van der Waals surface area contributed by atoms with Crippen molar-refractivity contribution < 1.29 is 4.79 Å². The molecule has 0 saturated carbocycles. The van der Waals surface area contributed by atoms with Crippen LogP contribution in [0.1, 0.15) is 69.7 Å². The predicted octanol–water partition coefficient (Wildman–Crippen LogP) is 2.28. The van der Waals surface area contributed by atoms with Crippen LogP contribution in [-0.4, -0.2) is 71.2 Å². The highest BCUT2D eigenvalue weighted by molar-refractivity contribution is 5.94. The van der Waals surface area contributed by atoms with Gasteiger partial charge in [0.15, 0.2) is 0 Å². The van der Waals surface area contributed by atoms with Crippen LogP contribution in [0.25, 0.3) is 0 Å². The molecule has 2 aliphatic heterocycles. The lowest BCUT2D eigenvalue weighted by Crippen LogP contribution is -2.44. The second kappa shape index (κ2) is 9.44. The van der Waals surface area contributed by atoms with Gasteiger partial charge in [-0.15, -0.1) is 0 Å². The van der Waals surface area contributed by atoms with Crippen molar-refractivity contribution in [2.24, 2.45) is 0 Å². The molecule has 2 aromatic heterocycles. The third-order valence-corrected chi connectivity index (χ3v) is 6.45. The van der Waals surface area contributed by atoms with Crippen LogP contribution in [0.4, 0.5) is 11.8 Å².